The lowest BCUT2D eigenvalue weighted by molar-refractivity contribution is 0.0605. The zero-order valence-corrected chi connectivity index (χ0v) is 19.3. The molecule has 5 rings (SSSR count). The lowest BCUT2D eigenvalue weighted by Gasteiger charge is -2.22. The fourth-order valence-corrected chi connectivity index (χ4v) is 5.16. The van der Waals surface area contributed by atoms with Crippen LogP contribution in [0, 0.1) is 20.8 Å². The number of rotatable bonds is 3. The average Bonchev–Trinajstić information content (AvgIpc) is 3.33. The summed E-state index contributed by atoms with van der Waals surface area (Å²) in [4.78, 5) is 45.7. The highest BCUT2D eigenvalue weighted by molar-refractivity contribution is 7.17. The van der Waals surface area contributed by atoms with Crippen LogP contribution in [0.25, 0.3) is 11.0 Å². The molecule has 0 fully saturated rings. The van der Waals surface area contributed by atoms with Crippen molar-refractivity contribution < 1.29 is 18.7 Å². The second-order valence-electron chi connectivity index (χ2n) is 8.00. The van der Waals surface area contributed by atoms with Gasteiger partial charge in [-0.1, -0.05) is 41.7 Å². The van der Waals surface area contributed by atoms with Crippen molar-refractivity contribution in [1.82, 2.24) is 4.98 Å². The number of benzene rings is 2. The van der Waals surface area contributed by atoms with Crippen LogP contribution in [-0.4, -0.2) is 24.0 Å². The van der Waals surface area contributed by atoms with Gasteiger partial charge in [0.15, 0.2) is 10.6 Å². The van der Waals surface area contributed by atoms with Crippen molar-refractivity contribution in [3.63, 3.8) is 0 Å². The van der Waals surface area contributed by atoms with Crippen molar-refractivity contribution in [3.05, 3.63) is 91.3 Å². The largest absolute Gasteiger partial charge is 0.465 e. The van der Waals surface area contributed by atoms with Gasteiger partial charge in [0.25, 0.3) is 5.91 Å². The summed E-state index contributed by atoms with van der Waals surface area (Å²) in [6, 6.07) is 12.1. The molecule has 1 unspecified atom stereocenters. The monoisotopic (exact) mass is 460 g/mol. The molecule has 2 aromatic heterocycles. The fourth-order valence-electron chi connectivity index (χ4n) is 4.14. The molecule has 3 heterocycles. The summed E-state index contributed by atoms with van der Waals surface area (Å²) in [6.07, 6.45) is 0. The van der Waals surface area contributed by atoms with Gasteiger partial charge < -0.3 is 9.15 Å². The van der Waals surface area contributed by atoms with Crippen LogP contribution in [0.15, 0.2) is 51.7 Å². The predicted molar refractivity (Wildman–Crippen MR) is 125 cm³/mol. The zero-order chi connectivity index (χ0) is 23.4. The van der Waals surface area contributed by atoms with Crippen molar-refractivity contribution in [1.29, 1.82) is 0 Å². The highest BCUT2D eigenvalue weighted by Crippen LogP contribution is 2.43. The van der Waals surface area contributed by atoms with Crippen molar-refractivity contribution in [2.45, 2.75) is 26.8 Å². The minimum Gasteiger partial charge on any atom is -0.465 e. The van der Waals surface area contributed by atoms with Crippen LogP contribution in [0.4, 0.5) is 5.13 Å². The predicted octanol–water partition coefficient (Wildman–Crippen LogP) is 4.71. The molecular weight excluding hydrogens is 440 g/mol. The average molecular weight is 461 g/mol. The van der Waals surface area contributed by atoms with Gasteiger partial charge in [-0.2, -0.15) is 0 Å². The Morgan fingerprint density at radius 1 is 1.09 bits per heavy atom. The van der Waals surface area contributed by atoms with Crippen LogP contribution in [0.5, 0.6) is 0 Å². The van der Waals surface area contributed by atoms with Gasteiger partial charge in [-0.25, -0.2) is 9.78 Å². The first-order valence-corrected chi connectivity index (χ1v) is 11.2. The van der Waals surface area contributed by atoms with Gasteiger partial charge in [0, 0.05) is 0 Å². The first-order chi connectivity index (χ1) is 15.8. The molecule has 1 aliphatic rings. The second-order valence-corrected chi connectivity index (χ2v) is 8.98. The second kappa shape index (κ2) is 7.67. The van der Waals surface area contributed by atoms with E-state index < -0.39 is 17.9 Å². The Balaban J connectivity index is 1.79. The first kappa shape index (κ1) is 21.1. The Morgan fingerprint density at radius 2 is 1.79 bits per heavy atom. The van der Waals surface area contributed by atoms with Gasteiger partial charge in [0.05, 0.1) is 29.8 Å². The molecule has 7 nitrogen and oxygen atoms in total. The standard InChI is InChI=1S/C25H20N2O5S/c1-12-10-16-17(11-13(12)2)32-21-18(20(16)28)19(15-8-6-5-7-9-15)27(23(21)29)25-26-14(3)22(33-25)24(30)31-4/h5-11,19H,1-4H3. The van der Waals surface area contributed by atoms with E-state index in [0.29, 0.717) is 26.7 Å². The number of carbonyl (C=O) groups excluding carboxylic acids is 2. The number of nitrogens with zero attached hydrogens (tertiary/aromatic N) is 2. The van der Waals surface area contributed by atoms with E-state index in [0.717, 1.165) is 28.0 Å². The number of aromatic nitrogens is 1. The minimum atomic E-state index is -0.730. The number of ether oxygens (including phenoxy) is 1. The molecule has 0 N–H and O–H groups in total. The van der Waals surface area contributed by atoms with E-state index in [9.17, 15) is 14.4 Å². The van der Waals surface area contributed by atoms with Crippen LogP contribution < -0.4 is 10.3 Å². The van der Waals surface area contributed by atoms with Crippen LogP contribution >= 0.6 is 11.3 Å². The third kappa shape index (κ3) is 3.17. The quantitative estimate of drug-likeness (QED) is 0.411. The van der Waals surface area contributed by atoms with E-state index in [1.807, 2.05) is 44.2 Å². The molecule has 0 radical (unpaired) electrons. The maximum atomic E-state index is 13.7. The molecule has 8 heteroatoms. The van der Waals surface area contributed by atoms with E-state index >= 15 is 0 Å². The lowest BCUT2D eigenvalue weighted by atomic mass is 9.98. The number of aryl methyl sites for hydroxylation is 3. The van der Waals surface area contributed by atoms with Crippen LogP contribution in [-0.2, 0) is 4.74 Å². The molecular formula is C25H20N2O5S. The number of methoxy groups -OCH3 is 1. The summed E-state index contributed by atoms with van der Waals surface area (Å²) in [7, 11) is 1.29. The maximum absolute atomic E-state index is 13.7. The van der Waals surface area contributed by atoms with E-state index in [2.05, 4.69) is 4.98 Å². The third-order valence-electron chi connectivity index (χ3n) is 5.96. The topological polar surface area (TPSA) is 89.7 Å². The molecule has 1 amide bonds. The highest BCUT2D eigenvalue weighted by Gasteiger charge is 2.45. The fraction of sp³-hybridized carbons (Fsp3) is 0.200. The molecule has 4 aromatic rings. The van der Waals surface area contributed by atoms with Crippen LogP contribution in [0.1, 0.15) is 54.2 Å². The number of anilines is 1. The van der Waals surface area contributed by atoms with E-state index in [-0.39, 0.29) is 16.8 Å². The van der Waals surface area contributed by atoms with Gasteiger partial charge in [-0.05, 0) is 49.6 Å². The Kier molecular flexibility index (Phi) is 4.90. The molecule has 166 valence electrons. The maximum Gasteiger partial charge on any atom is 0.350 e. The molecule has 2 aromatic carbocycles. The first-order valence-electron chi connectivity index (χ1n) is 10.3. The molecule has 0 saturated heterocycles. The number of fused-ring (bicyclic) bond motifs is 2. The normalized spacial score (nSPS) is 15.2. The number of thiazole rings is 1. The molecule has 0 saturated carbocycles. The van der Waals surface area contributed by atoms with E-state index in [1.54, 1.807) is 19.1 Å². The summed E-state index contributed by atoms with van der Waals surface area (Å²) < 4.78 is 10.9. The van der Waals surface area contributed by atoms with E-state index in [4.69, 9.17) is 9.15 Å². The van der Waals surface area contributed by atoms with E-state index in [1.165, 1.54) is 12.0 Å². The van der Waals surface area contributed by atoms with Crippen LogP contribution in [0.3, 0.4) is 0 Å². The summed E-state index contributed by atoms with van der Waals surface area (Å²) in [6.45, 7) is 5.54. The van der Waals surface area contributed by atoms with Crippen molar-refractivity contribution >= 4 is 39.3 Å². The Labute approximate surface area is 193 Å². The SMILES string of the molecule is COC(=O)c1sc(N2C(=O)c3oc4cc(C)c(C)cc4c(=O)c3C2c2ccccc2)nc1C. The number of hydrogen-bond acceptors (Lipinski definition) is 7. The van der Waals surface area contributed by atoms with Crippen molar-refractivity contribution in [2.24, 2.45) is 0 Å². The summed E-state index contributed by atoms with van der Waals surface area (Å²) in [5.74, 6) is -0.999. The molecule has 1 aliphatic heterocycles. The van der Waals surface area contributed by atoms with Gasteiger partial charge in [-0.15, -0.1) is 0 Å². The Hall–Kier alpha value is -3.78. The van der Waals surface area contributed by atoms with Crippen molar-refractivity contribution in [3.8, 4) is 0 Å². The molecule has 0 aliphatic carbocycles. The molecule has 33 heavy (non-hydrogen) atoms. The summed E-state index contributed by atoms with van der Waals surface area (Å²) >= 11 is 1.05. The number of hydrogen-bond donors (Lipinski definition) is 0. The number of esters is 1. The van der Waals surface area contributed by atoms with Crippen LogP contribution in [0.2, 0.25) is 0 Å². The minimum absolute atomic E-state index is 0.00271. The van der Waals surface area contributed by atoms with Gasteiger partial charge in [0.1, 0.15) is 10.5 Å². The highest BCUT2D eigenvalue weighted by atomic mass is 32.1. The number of carbonyl (C=O) groups is 2. The molecule has 1 atom stereocenters. The molecule has 0 bridgehead atoms. The third-order valence-corrected chi connectivity index (χ3v) is 7.10. The Morgan fingerprint density at radius 3 is 2.48 bits per heavy atom. The van der Waals surface area contributed by atoms with Gasteiger partial charge in [0.2, 0.25) is 5.76 Å². The molecule has 0 spiro atoms. The summed E-state index contributed by atoms with van der Waals surface area (Å²) in [5, 5.41) is 0.729. The van der Waals surface area contributed by atoms with Gasteiger partial charge in [-0.3, -0.25) is 14.5 Å². The summed E-state index contributed by atoms with van der Waals surface area (Å²) in [5.41, 5.74) is 3.52. The lowest BCUT2D eigenvalue weighted by Crippen LogP contribution is -2.29. The van der Waals surface area contributed by atoms with Gasteiger partial charge >= 0.3 is 5.97 Å². The van der Waals surface area contributed by atoms with Crippen molar-refractivity contribution in [2.75, 3.05) is 12.0 Å². The smallest absolute Gasteiger partial charge is 0.350 e. The Bertz CT molecular complexity index is 1500. The number of amides is 1. The zero-order valence-electron chi connectivity index (χ0n) is 18.5.